The summed E-state index contributed by atoms with van der Waals surface area (Å²) in [6.45, 7) is 0.0376. The van der Waals surface area contributed by atoms with Gasteiger partial charge in [-0.25, -0.2) is 8.78 Å². The van der Waals surface area contributed by atoms with Gasteiger partial charge in [0.15, 0.2) is 5.82 Å². The van der Waals surface area contributed by atoms with E-state index in [4.69, 9.17) is 0 Å². The minimum Gasteiger partial charge on any atom is -0.374 e. The highest BCUT2D eigenvalue weighted by Gasteiger charge is 2.18. The third-order valence-electron chi connectivity index (χ3n) is 1.76. The van der Waals surface area contributed by atoms with Crippen LogP contribution in [-0.4, -0.2) is 12.5 Å². The van der Waals surface area contributed by atoms with Crippen molar-refractivity contribution in [2.75, 3.05) is 17.2 Å². The summed E-state index contributed by atoms with van der Waals surface area (Å²) >= 11 is 0. The number of benzene rings is 1. The lowest BCUT2D eigenvalue weighted by molar-refractivity contribution is -0.114. The summed E-state index contributed by atoms with van der Waals surface area (Å²) in [7, 11) is 0. The Morgan fingerprint density at radius 1 is 1.31 bits per heavy atom. The van der Waals surface area contributed by atoms with Crippen LogP contribution in [0.1, 0.15) is 0 Å². The zero-order valence-corrected chi connectivity index (χ0v) is 6.53. The van der Waals surface area contributed by atoms with Gasteiger partial charge in [-0.2, -0.15) is 0 Å². The van der Waals surface area contributed by atoms with E-state index in [1.165, 1.54) is 0 Å². The second-order valence-corrected chi connectivity index (χ2v) is 2.71. The van der Waals surface area contributed by atoms with E-state index in [9.17, 15) is 13.6 Å². The molecule has 5 heteroatoms. The van der Waals surface area contributed by atoms with Crippen LogP contribution in [0.25, 0.3) is 0 Å². The van der Waals surface area contributed by atoms with E-state index < -0.39 is 11.6 Å². The Bertz CT molecular complexity index is 379. The number of hydrogen-bond donors (Lipinski definition) is 2. The monoisotopic (exact) mass is 184 g/mol. The van der Waals surface area contributed by atoms with Crippen LogP contribution in [0.3, 0.4) is 0 Å². The number of carbonyl (C=O) groups excluding carboxylic acids is 1. The zero-order chi connectivity index (χ0) is 9.42. The molecule has 1 aliphatic heterocycles. The number of amides is 1. The van der Waals surface area contributed by atoms with Crippen LogP contribution in [0.5, 0.6) is 0 Å². The van der Waals surface area contributed by atoms with Crippen molar-refractivity contribution in [3.05, 3.63) is 23.8 Å². The predicted octanol–water partition coefficient (Wildman–Crippen LogP) is 1.33. The number of halogens is 2. The topological polar surface area (TPSA) is 41.1 Å². The van der Waals surface area contributed by atoms with Gasteiger partial charge in [0.25, 0.3) is 0 Å². The molecule has 1 heterocycles. The molecule has 0 aliphatic carbocycles. The molecule has 0 fully saturated rings. The van der Waals surface area contributed by atoms with Crippen molar-refractivity contribution < 1.29 is 13.6 Å². The standard InChI is InChI=1S/C8H6F2N2O/c9-4-1-5(10)8-6(2-4)11-3-7(13)12-8/h1-2,11H,3H2,(H,12,13). The number of rotatable bonds is 0. The number of anilines is 2. The largest absolute Gasteiger partial charge is 0.374 e. The van der Waals surface area contributed by atoms with Gasteiger partial charge in [0.1, 0.15) is 11.5 Å². The molecule has 68 valence electrons. The molecule has 13 heavy (non-hydrogen) atoms. The Morgan fingerprint density at radius 3 is 2.85 bits per heavy atom. The van der Waals surface area contributed by atoms with Crippen molar-refractivity contribution in [3.8, 4) is 0 Å². The molecule has 0 bridgehead atoms. The molecule has 3 nitrogen and oxygen atoms in total. The fraction of sp³-hybridized carbons (Fsp3) is 0.125. The quantitative estimate of drug-likeness (QED) is 0.638. The van der Waals surface area contributed by atoms with Gasteiger partial charge in [0.2, 0.25) is 5.91 Å². The molecule has 1 amide bonds. The van der Waals surface area contributed by atoms with Gasteiger partial charge in [-0.05, 0) is 6.07 Å². The van der Waals surface area contributed by atoms with Crippen LogP contribution < -0.4 is 10.6 Å². The van der Waals surface area contributed by atoms with Gasteiger partial charge in [0, 0.05) is 6.07 Å². The molecule has 0 saturated heterocycles. The molecule has 1 aromatic carbocycles. The van der Waals surface area contributed by atoms with E-state index in [-0.39, 0.29) is 23.8 Å². The first-order valence-electron chi connectivity index (χ1n) is 3.69. The van der Waals surface area contributed by atoms with Gasteiger partial charge >= 0.3 is 0 Å². The molecule has 2 rings (SSSR count). The molecule has 0 aromatic heterocycles. The molecule has 0 atom stereocenters. The summed E-state index contributed by atoms with van der Waals surface area (Å²) in [6, 6.07) is 1.87. The Morgan fingerprint density at radius 2 is 2.08 bits per heavy atom. The SMILES string of the molecule is O=C1CNc2cc(F)cc(F)c2N1. The first-order chi connectivity index (χ1) is 6.16. The molecule has 0 unspecified atom stereocenters. The lowest BCUT2D eigenvalue weighted by Crippen LogP contribution is -2.28. The highest BCUT2D eigenvalue weighted by molar-refractivity contribution is 6.00. The van der Waals surface area contributed by atoms with E-state index in [0.717, 1.165) is 12.1 Å². The van der Waals surface area contributed by atoms with E-state index in [0.29, 0.717) is 0 Å². The molecular weight excluding hydrogens is 178 g/mol. The van der Waals surface area contributed by atoms with Crippen LogP contribution in [0.15, 0.2) is 12.1 Å². The van der Waals surface area contributed by atoms with Gasteiger partial charge < -0.3 is 10.6 Å². The van der Waals surface area contributed by atoms with Crippen molar-refractivity contribution in [2.45, 2.75) is 0 Å². The van der Waals surface area contributed by atoms with Crippen molar-refractivity contribution in [3.63, 3.8) is 0 Å². The maximum atomic E-state index is 13.0. The van der Waals surface area contributed by atoms with Crippen LogP contribution >= 0.6 is 0 Å². The molecule has 1 aromatic rings. The maximum absolute atomic E-state index is 13.0. The van der Waals surface area contributed by atoms with Gasteiger partial charge in [-0.15, -0.1) is 0 Å². The van der Waals surface area contributed by atoms with E-state index in [1.54, 1.807) is 0 Å². The molecule has 2 N–H and O–H groups in total. The Hall–Kier alpha value is -1.65. The van der Waals surface area contributed by atoms with Crippen molar-refractivity contribution >= 4 is 17.3 Å². The first-order valence-corrected chi connectivity index (χ1v) is 3.69. The summed E-state index contributed by atoms with van der Waals surface area (Å²) in [5, 5.41) is 4.91. The van der Waals surface area contributed by atoms with Gasteiger partial charge in [0.05, 0.1) is 12.2 Å². The average molecular weight is 184 g/mol. The highest BCUT2D eigenvalue weighted by atomic mass is 19.1. The zero-order valence-electron chi connectivity index (χ0n) is 6.53. The summed E-state index contributed by atoms with van der Waals surface area (Å²) in [5.74, 6) is -1.77. The Kier molecular flexibility index (Phi) is 1.65. The van der Waals surface area contributed by atoms with Crippen LogP contribution in [-0.2, 0) is 4.79 Å². The van der Waals surface area contributed by atoms with E-state index in [2.05, 4.69) is 10.6 Å². The van der Waals surface area contributed by atoms with Crippen LogP contribution in [0.4, 0.5) is 20.2 Å². The van der Waals surface area contributed by atoms with Crippen molar-refractivity contribution in [1.29, 1.82) is 0 Å². The Balaban J connectivity index is 2.53. The minimum absolute atomic E-state index is 0.0117. The van der Waals surface area contributed by atoms with Crippen molar-refractivity contribution in [2.24, 2.45) is 0 Å². The maximum Gasteiger partial charge on any atom is 0.243 e. The second kappa shape index (κ2) is 2.69. The molecule has 0 saturated carbocycles. The normalized spacial score (nSPS) is 14.5. The lowest BCUT2D eigenvalue weighted by Gasteiger charge is -2.18. The summed E-state index contributed by atoms with van der Waals surface area (Å²) in [5.41, 5.74) is 0.287. The summed E-state index contributed by atoms with van der Waals surface area (Å²) in [6.07, 6.45) is 0. The molecular formula is C8H6F2N2O. The fourth-order valence-electron chi connectivity index (χ4n) is 1.20. The summed E-state index contributed by atoms with van der Waals surface area (Å²) in [4.78, 5) is 10.8. The minimum atomic E-state index is -0.768. The van der Waals surface area contributed by atoms with Crippen LogP contribution in [0.2, 0.25) is 0 Å². The van der Waals surface area contributed by atoms with E-state index in [1.807, 2.05) is 0 Å². The average Bonchev–Trinajstić information content (AvgIpc) is 2.06. The summed E-state index contributed by atoms with van der Waals surface area (Å²) < 4.78 is 25.7. The van der Waals surface area contributed by atoms with Gasteiger partial charge in [-0.1, -0.05) is 0 Å². The third kappa shape index (κ3) is 1.32. The number of carbonyl (C=O) groups is 1. The molecule has 1 aliphatic rings. The Labute approximate surface area is 72.7 Å². The second-order valence-electron chi connectivity index (χ2n) is 2.71. The fourth-order valence-corrected chi connectivity index (χ4v) is 1.20. The van der Waals surface area contributed by atoms with Crippen molar-refractivity contribution in [1.82, 2.24) is 0 Å². The number of hydrogen-bond acceptors (Lipinski definition) is 2. The van der Waals surface area contributed by atoms with E-state index >= 15 is 0 Å². The predicted molar refractivity (Wildman–Crippen MR) is 43.5 cm³/mol. The first kappa shape index (κ1) is 7.97. The number of nitrogens with one attached hydrogen (secondary N) is 2. The number of fused-ring (bicyclic) bond motifs is 1. The molecule has 0 radical (unpaired) electrons. The smallest absolute Gasteiger partial charge is 0.243 e. The highest BCUT2D eigenvalue weighted by Crippen LogP contribution is 2.28. The molecule has 0 spiro atoms. The van der Waals surface area contributed by atoms with Crippen LogP contribution in [0, 0.1) is 11.6 Å². The third-order valence-corrected chi connectivity index (χ3v) is 1.76. The van der Waals surface area contributed by atoms with Gasteiger partial charge in [-0.3, -0.25) is 4.79 Å². The lowest BCUT2D eigenvalue weighted by atomic mass is 10.2.